The molecule has 0 bridgehead atoms. The monoisotopic (exact) mass is 237 g/mol. The van der Waals surface area contributed by atoms with Gasteiger partial charge in [0.15, 0.2) is 0 Å². The molecule has 0 saturated carbocycles. The van der Waals surface area contributed by atoms with Crippen molar-refractivity contribution in [3.05, 3.63) is 17.7 Å². The first-order valence-electron chi connectivity index (χ1n) is 6.57. The second kappa shape index (κ2) is 5.67. The van der Waals surface area contributed by atoms with E-state index in [1.807, 2.05) is 6.33 Å². The summed E-state index contributed by atoms with van der Waals surface area (Å²) in [6.07, 6.45) is 1.97. The summed E-state index contributed by atoms with van der Waals surface area (Å²) >= 11 is 0. The van der Waals surface area contributed by atoms with E-state index < -0.39 is 0 Å². The highest BCUT2D eigenvalue weighted by molar-refractivity contribution is 5.22. The fourth-order valence-electron chi connectivity index (χ4n) is 1.82. The molecule has 1 aliphatic rings. The minimum atomic E-state index is 0.166. The van der Waals surface area contributed by atoms with Crippen LogP contribution in [0.5, 0.6) is 0 Å². The molecule has 0 unspecified atom stereocenters. The van der Waals surface area contributed by atoms with Crippen LogP contribution in [0.4, 0.5) is 0 Å². The Bertz CT molecular complexity index is 342. The number of nitrogens with one attached hydrogen (secondary N) is 1. The molecule has 0 saturated heterocycles. The minimum Gasteiger partial charge on any atom is -0.332 e. The van der Waals surface area contributed by atoms with Crippen LogP contribution in [0, 0.1) is 5.92 Å². The second-order valence-corrected chi connectivity index (χ2v) is 6.39. The Labute approximate surface area is 106 Å². The molecule has 98 valence electrons. The van der Waals surface area contributed by atoms with Crippen molar-refractivity contribution in [3.8, 4) is 0 Å². The summed E-state index contributed by atoms with van der Waals surface area (Å²) < 4.78 is 2.26. The van der Waals surface area contributed by atoms with Crippen molar-refractivity contribution in [2.75, 3.05) is 6.54 Å². The van der Waals surface area contributed by atoms with Crippen LogP contribution in [-0.4, -0.2) is 16.1 Å². The Hall–Kier alpha value is -0.830. The molecule has 0 aromatic carbocycles. The smallest absolute Gasteiger partial charge is 0.0952 e. The minimum absolute atomic E-state index is 0.166. The molecule has 1 aromatic rings. The van der Waals surface area contributed by atoms with Crippen LogP contribution in [0.3, 0.4) is 0 Å². The lowest BCUT2D eigenvalue weighted by molar-refractivity contribution is 0.494. The lowest BCUT2D eigenvalue weighted by Crippen LogP contribution is -2.29. The van der Waals surface area contributed by atoms with Gasteiger partial charge in [-0.1, -0.05) is 41.5 Å². The number of rotatable bonds is 0. The van der Waals surface area contributed by atoms with Crippen LogP contribution in [0.2, 0.25) is 0 Å². The molecule has 17 heavy (non-hydrogen) atoms. The number of nitrogens with zero attached hydrogens (tertiary/aromatic N) is 2. The molecule has 3 heteroatoms. The predicted molar refractivity (Wildman–Crippen MR) is 73.1 cm³/mol. The van der Waals surface area contributed by atoms with Crippen LogP contribution in [0.1, 0.15) is 52.9 Å². The first-order valence-corrected chi connectivity index (χ1v) is 6.57. The maximum atomic E-state index is 4.49. The summed E-state index contributed by atoms with van der Waals surface area (Å²) in [6.45, 7) is 16.2. The standard InChI is InChI=1S/C10H17N3.C4H10/c1-10(2,3)9-8-6-11-4-5-13(8)7-12-9;1-4(2)3/h7,11H,4-6H2,1-3H3;4H,1-3H3. The molecule has 0 radical (unpaired) electrons. The van der Waals surface area contributed by atoms with E-state index in [1.54, 1.807) is 0 Å². The Balaban J connectivity index is 0.000000317. The molecule has 0 aliphatic carbocycles. The molecule has 0 fully saturated rings. The topological polar surface area (TPSA) is 29.9 Å². The highest BCUT2D eigenvalue weighted by Crippen LogP contribution is 2.25. The van der Waals surface area contributed by atoms with Gasteiger partial charge in [-0.15, -0.1) is 0 Å². The third-order valence-electron chi connectivity index (χ3n) is 2.48. The van der Waals surface area contributed by atoms with Crippen molar-refractivity contribution in [2.45, 2.75) is 60.0 Å². The average molecular weight is 237 g/mol. The molecular formula is C14H27N3. The Kier molecular flexibility index (Phi) is 4.75. The van der Waals surface area contributed by atoms with E-state index in [9.17, 15) is 0 Å². The molecule has 2 rings (SSSR count). The number of aromatic nitrogens is 2. The van der Waals surface area contributed by atoms with E-state index in [2.05, 4.69) is 56.4 Å². The van der Waals surface area contributed by atoms with Gasteiger partial charge < -0.3 is 9.88 Å². The summed E-state index contributed by atoms with van der Waals surface area (Å²) in [5, 5.41) is 3.38. The van der Waals surface area contributed by atoms with E-state index in [-0.39, 0.29) is 5.41 Å². The number of imidazole rings is 1. The summed E-state index contributed by atoms with van der Waals surface area (Å²) in [6, 6.07) is 0. The molecule has 1 N–H and O–H groups in total. The quantitative estimate of drug-likeness (QED) is 0.752. The van der Waals surface area contributed by atoms with Gasteiger partial charge in [0.25, 0.3) is 0 Å². The van der Waals surface area contributed by atoms with Gasteiger partial charge in [-0.25, -0.2) is 4.98 Å². The van der Waals surface area contributed by atoms with Gasteiger partial charge in [-0.3, -0.25) is 0 Å². The van der Waals surface area contributed by atoms with Gasteiger partial charge in [0.1, 0.15) is 0 Å². The SMILES string of the molecule is CC(C)(C)c1ncn2c1CNCC2.CC(C)C. The van der Waals surface area contributed by atoms with Gasteiger partial charge in [-0.05, 0) is 5.92 Å². The maximum absolute atomic E-state index is 4.49. The highest BCUT2D eigenvalue weighted by atomic mass is 15.1. The molecule has 1 aromatic heterocycles. The van der Waals surface area contributed by atoms with E-state index in [0.717, 1.165) is 25.6 Å². The summed E-state index contributed by atoms with van der Waals surface area (Å²) in [5.41, 5.74) is 2.76. The van der Waals surface area contributed by atoms with Crippen molar-refractivity contribution >= 4 is 0 Å². The fourth-order valence-corrected chi connectivity index (χ4v) is 1.82. The first-order chi connectivity index (χ1) is 7.82. The van der Waals surface area contributed by atoms with Gasteiger partial charge in [0.05, 0.1) is 17.7 Å². The lowest BCUT2D eigenvalue weighted by atomic mass is 9.90. The molecule has 0 amide bonds. The second-order valence-electron chi connectivity index (χ2n) is 6.39. The molecule has 1 aliphatic heterocycles. The summed E-state index contributed by atoms with van der Waals surface area (Å²) in [5.74, 6) is 0.833. The van der Waals surface area contributed by atoms with Crippen molar-refractivity contribution in [3.63, 3.8) is 0 Å². The van der Waals surface area contributed by atoms with Crippen LogP contribution >= 0.6 is 0 Å². The molecule has 0 spiro atoms. The Morgan fingerprint density at radius 1 is 1.29 bits per heavy atom. The first kappa shape index (κ1) is 14.2. The lowest BCUT2D eigenvalue weighted by Gasteiger charge is -2.22. The zero-order chi connectivity index (χ0) is 13.1. The third-order valence-corrected chi connectivity index (χ3v) is 2.48. The number of hydrogen-bond acceptors (Lipinski definition) is 2. The summed E-state index contributed by atoms with van der Waals surface area (Å²) in [7, 11) is 0. The van der Waals surface area contributed by atoms with E-state index in [1.165, 1.54) is 11.4 Å². The average Bonchev–Trinajstić information content (AvgIpc) is 2.58. The van der Waals surface area contributed by atoms with Crippen molar-refractivity contribution in [2.24, 2.45) is 5.92 Å². The van der Waals surface area contributed by atoms with Crippen LogP contribution < -0.4 is 5.32 Å². The molecule has 2 heterocycles. The zero-order valence-corrected chi connectivity index (χ0v) is 12.2. The van der Waals surface area contributed by atoms with Crippen LogP contribution in [-0.2, 0) is 18.5 Å². The summed E-state index contributed by atoms with van der Waals surface area (Å²) in [4.78, 5) is 4.49. The number of fused-ring (bicyclic) bond motifs is 1. The molecule has 0 atom stereocenters. The van der Waals surface area contributed by atoms with Gasteiger partial charge >= 0.3 is 0 Å². The molecular weight excluding hydrogens is 210 g/mol. The van der Waals surface area contributed by atoms with Crippen molar-refractivity contribution in [1.29, 1.82) is 0 Å². The maximum Gasteiger partial charge on any atom is 0.0952 e. The fraction of sp³-hybridized carbons (Fsp3) is 0.786. The van der Waals surface area contributed by atoms with E-state index >= 15 is 0 Å². The van der Waals surface area contributed by atoms with Gasteiger partial charge in [0, 0.05) is 25.0 Å². The predicted octanol–water partition coefficient (Wildman–Crippen LogP) is 2.95. The van der Waals surface area contributed by atoms with Crippen LogP contribution in [0.25, 0.3) is 0 Å². The van der Waals surface area contributed by atoms with Gasteiger partial charge in [0.2, 0.25) is 0 Å². The zero-order valence-electron chi connectivity index (χ0n) is 12.2. The van der Waals surface area contributed by atoms with Crippen molar-refractivity contribution in [1.82, 2.24) is 14.9 Å². The van der Waals surface area contributed by atoms with E-state index in [4.69, 9.17) is 0 Å². The van der Waals surface area contributed by atoms with E-state index in [0.29, 0.717) is 0 Å². The molecule has 3 nitrogen and oxygen atoms in total. The Morgan fingerprint density at radius 3 is 2.41 bits per heavy atom. The van der Waals surface area contributed by atoms with Crippen molar-refractivity contribution < 1.29 is 0 Å². The largest absolute Gasteiger partial charge is 0.332 e. The third kappa shape index (κ3) is 4.15. The highest BCUT2D eigenvalue weighted by Gasteiger charge is 2.23. The Morgan fingerprint density at radius 2 is 1.88 bits per heavy atom. The van der Waals surface area contributed by atoms with Crippen LogP contribution in [0.15, 0.2) is 6.33 Å². The van der Waals surface area contributed by atoms with Gasteiger partial charge in [-0.2, -0.15) is 0 Å². The number of hydrogen-bond donors (Lipinski definition) is 1. The normalized spacial score (nSPS) is 15.2.